The van der Waals surface area contributed by atoms with Crippen LogP contribution in [-0.4, -0.2) is 0 Å². The van der Waals surface area contributed by atoms with Crippen molar-refractivity contribution in [3.05, 3.63) is 23.3 Å². The average molecular weight is 252 g/mol. The molecule has 108 valence electrons. The van der Waals surface area contributed by atoms with E-state index in [0.29, 0.717) is 5.92 Å². The SMILES string of the molecule is C=C1CCCC/C(CC)=C(\C)C1CC.CC.CC. The lowest BCUT2D eigenvalue weighted by molar-refractivity contribution is 0.581. The van der Waals surface area contributed by atoms with Gasteiger partial charge in [0.05, 0.1) is 0 Å². The number of allylic oxidation sites excluding steroid dienone is 3. The highest BCUT2D eigenvalue weighted by atomic mass is 14.2. The molecule has 0 heterocycles. The molecule has 0 amide bonds. The molecule has 0 saturated carbocycles. The van der Waals surface area contributed by atoms with E-state index in [4.69, 9.17) is 0 Å². The molecule has 1 aliphatic carbocycles. The second kappa shape index (κ2) is 12.9. The maximum absolute atomic E-state index is 4.25. The van der Waals surface area contributed by atoms with Gasteiger partial charge in [0.15, 0.2) is 0 Å². The van der Waals surface area contributed by atoms with Gasteiger partial charge in [-0.05, 0) is 45.4 Å². The minimum atomic E-state index is 0.672. The van der Waals surface area contributed by atoms with Crippen LogP contribution in [0.5, 0.6) is 0 Å². The summed E-state index contributed by atoms with van der Waals surface area (Å²) in [6, 6.07) is 0. The van der Waals surface area contributed by atoms with Gasteiger partial charge in [0.2, 0.25) is 0 Å². The molecule has 0 fully saturated rings. The second-order valence-corrected chi connectivity index (χ2v) is 4.47. The summed E-state index contributed by atoms with van der Waals surface area (Å²) in [5, 5.41) is 0. The fraction of sp³-hybridized carbons (Fsp3) is 0.778. The molecule has 1 unspecified atom stereocenters. The molecule has 0 aromatic heterocycles. The number of hydrogen-bond acceptors (Lipinski definition) is 0. The summed E-state index contributed by atoms with van der Waals surface area (Å²) in [6.45, 7) is 19.1. The van der Waals surface area contributed by atoms with Crippen molar-refractivity contribution in [2.75, 3.05) is 0 Å². The fourth-order valence-electron chi connectivity index (χ4n) is 2.66. The van der Waals surface area contributed by atoms with E-state index in [2.05, 4.69) is 27.4 Å². The topological polar surface area (TPSA) is 0 Å². The molecule has 0 spiro atoms. The lowest BCUT2D eigenvalue weighted by atomic mass is 9.81. The van der Waals surface area contributed by atoms with Gasteiger partial charge in [0.25, 0.3) is 0 Å². The van der Waals surface area contributed by atoms with Crippen molar-refractivity contribution in [3.63, 3.8) is 0 Å². The highest BCUT2D eigenvalue weighted by molar-refractivity contribution is 5.24. The Bertz CT molecular complexity index is 232. The van der Waals surface area contributed by atoms with E-state index in [0.717, 1.165) is 0 Å². The van der Waals surface area contributed by atoms with Crippen molar-refractivity contribution in [2.24, 2.45) is 5.92 Å². The first-order chi connectivity index (χ1) is 8.70. The van der Waals surface area contributed by atoms with Crippen molar-refractivity contribution in [1.82, 2.24) is 0 Å². The van der Waals surface area contributed by atoms with Gasteiger partial charge < -0.3 is 0 Å². The van der Waals surface area contributed by atoms with Crippen molar-refractivity contribution in [1.29, 1.82) is 0 Å². The first kappa shape index (κ1) is 19.8. The minimum Gasteiger partial charge on any atom is -0.0993 e. The van der Waals surface area contributed by atoms with Crippen LogP contribution >= 0.6 is 0 Å². The summed E-state index contributed by atoms with van der Waals surface area (Å²) in [5.41, 5.74) is 4.79. The molecular formula is C18H36. The van der Waals surface area contributed by atoms with E-state index in [9.17, 15) is 0 Å². The lowest BCUT2D eigenvalue weighted by Gasteiger charge is -2.25. The Morgan fingerprint density at radius 1 is 1.00 bits per heavy atom. The van der Waals surface area contributed by atoms with Gasteiger partial charge in [-0.2, -0.15) is 0 Å². The summed E-state index contributed by atoms with van der Waals surface area (Å²) >= 11 is 0. The highest BCUT2D eigenvalue weighted by Gasteiger charge is 2.17. The minimum absolute atomic E-state index is 0.672. The van der Waals surface area contributed by atoms with E-state index in [1.54, 1.807) is 11.1 Å². The summed E-state index contributed by atoms with van der Waals surface area (Å²) in [5.74, 6) is 0.672. The predicted molar refractivity (Wildman–Crippen MR) is 87.1 cm³/mol. The zero-order valence-electron chi connectivity index (χ0n) is 14.0. The summed E-state index contributed by atoms with van der Waals surface area (Å²) < 4.78 is 0. The molecule has 0 aromatic rings. The Hall–Kier alpha value is -0.520. The summed E-state index contributed by atoms with van der Waals surface area (Å²) in [6.07, 6.45) is 7.73. The van der Waals surface area contributed by atoms with Gasteiger partial charge in [-0.1, -0.05) is 64.8 Å². The van der Waals surface area contributed by atoms with Gasteiger partial charge in [0.1, 0.15) is 0 Å². The summed E-state index contributed by atoms with van der Waals surface area (Å²) in [7, 11) is 0. The molecule has 0 radical (unpaired) electrons. The van der Waals surface area contributed by atoms with Crippen molar-refractivity contribution < 1.29 is 0 Å². The lowest BCUT2D eigenvalue weighted by Crippen LogP contribution is -2.09. The third-order valence-corrected chi connectivity index (χ3v) is 3.63. The molecule has 18 heavy (non-hydrogen) atoms. The number of hydrogen-bond donors (Lipinski definition) is 0. The average Bonchev–Trinajstić information content (AvgIpc) is 2.42. The molecule has 0 saturated heterocycles. The second-order valence-electron chi connectivity index (χ2n) is 4.47. The Morgan fingerprint density at radius 3 is 1.94 bits per heavy atom. The van der Waals surface area contributed by atoms with Crippen molar-refractivity contribution in [3.8, 4) is 0 Å². The van der Waals surface area contributed by atoms with Crippen LogP contribution in [0.1, 0.15) is 87.0 Å². The summed E-state index contributed by atoms with van der Waals surface area (Å²) in [4.78, 5) is 0. The van der Waals surface area contributed by atoms with E-state index >= 15 is 0 Å². The molecule has 0 aliphatic heterocycles. The molecule has 1 aliphatic rings. The fourth-order valence-corrected chi connectivity index (χ4v) is 2.66. The van der Waals surface area contributed by atoms with Gasteiger partial charge in [-0.15, -0.1) is 0 Å². The zero-order chi connectivity index (χ0) is 14.6. The van der Waals surface area contributed by atoms with E-state index in [-0.39, 0.29) is 0 Å². The third-order valence-electron chi connectivity index (χ3n) is 3.63. The van der Waals surface area contributed by atoms with E-state index < -0.39 is 0 Å². The molecule has 0 aromatic carbocycles. The van der Waals surface area contributed by atoms with Gasteiger partial charge >= 0.3 is 0 Å². The van der Waals surface area contributed by atoms with Gasteiger partial charge in [0, 0.05) is 5.92 Å². The van der Waals surface area contributed by atoms with Crippen LogP contribution in [0.3, 0.4) is 0 Å². The normalized spacial score (nSPS) is 23.9. The highest BCUT2D eigenvalue weighted by Crippen LogP contribution is 2.33. The predicted octanol–water partition coefficient (Wildman–Crippen LogP) is 6.92. The Balaban J connectivity index is 0. The van der Waals surface area contributed by atoms with Crippen LogP contribution in [0.2, 0.25) is 0 Å². The van der Waals surface area contributed by atoms with Crippen molar-refractivity contribution in [2.45, 2.75) is 87.0 Å². The molecule has 1 rings (SSSR count). The molecular weight excluding hydrogens is 216 g/mol. The standard InChI is InChI=1S/C14H24.2C2H6/c1-5-13-10-8-7-9-11(3)14(6-2)12(13)4;2*1-2/h14H,3,5-10H2,1-2,4H3;2*1-2H3/b13-12+;;. The Kier molecular flexibility index (Phi) is 14.2. The molecule has 1 atom stereocenters. The maximum atomic E-state index is 4.25. The smallest absolute Gasteiger partial charge is 0.000152 e. The maximum Gasteiger partial charge on any atom is 0.000152 e. The molecule has 0 N–H and O–H groups in total. The first-order valence-electron chi connectivity index (χ1n) is 8.06. The Morgan fingerprint density at radius 2 is 1.50 bits per heavy atom. The van der Waals surface area contributed by atoms with Gasteiger partial charge in [-0.3, -0.25) is 0 Å². The Labute approximate surface area is 117 Å². The van der Waals surface area contributed by atoms with Crippen LogP contribution < -0.4 is 0 Å². The first-order valence-corrected chi connectivity index (χ1v) is 8.06. The van der Waals surface area contributed by atoms with Gasteiger partial charge in [-0.25, -0.2) is 0 Å². The molecule has 0 bridgehead atoms. The monoisotopic (exact) mass is 252 g/mol. The largest absolute Gasteiger partial charge is 0.0993 e. The number of rotatable bonds is 2. The third kappa shape index (κ3) is 6.42. The quantitative estimate of drug-likeness (QED) is 0.468. The van der Waals surface area contributed by atoms with E-state index in [1.807, 2.05) is 27.7 Å². The van der Waals surface area contributed by atoms with Crippen LogP contribution in [0.25, 0.3) is 0 Å². The van der Waals surface area contributed by atoms with Crippen LogP contribution in [0, 0.1) is 5.92 Å². The molecule has 0 heteroatoms. The zero-order valence-corrected chi connectivity index (χ0v) is 14.0. The van der Waals surface area contributed by atoms with Crippen LogP contribution in [-0.2, 0) is 0 Å². The van der Waals surface area contributed by atoms with Crippen LogP contribution in [0.15, 0.2) is 23.3 Å². The van der Waals surface area contributed by atoms with E-state index in [1.165, 1.54) is 44.1 Å². The van der Waals surface area contributed by atoms with Crippen LogP contribution in [0.4, 0.5) is 0 Å². The van der Waals surface area contributed by atoms with Crippen molar-refractivity contribution >= 4 is 0 Å². The molecule has 0 nitrogen and oxygen atoms in total.